The van der Waals surface area contributed by atoms with Crippen molar-refractivity contribution < 1.29 is 4.79 Å². The van der Waals surface area contributed by atoms with E-state index in [2.05, 4.69) is 17.6 Å². The standard InChI is InChI=1S/C13H18N2O/c1-13(8-5-9-13)15-12(16)10-14-11-6-3-2-4-7-11/h2-4,6-7,14H,5,8-10H2,1H3,(H,15,16). The van der Waals surface area contributed by atoms with Crippen LogP contribution >= 0.6 is 0 Å². The molecular formula is C13H18N2O. The first-order valence-electron chi connectivity index (χ1n) is 5.78. The van der Waals surface area contributed by atoms with Crippen molar-refractivity contribution in [3.8, 4) is 0 Å². The quantitative estimate of drug-likeness (QED) is 0.813. The molecule has 2 N–H and O–H groups in total. The molecule has 2 rings (SSSR count). The van der Waals surface area contributed by atoms with Gasteiger partial charge in [-0.1, -0.05) is 18.2 Å². The lowest BCUT2D eigenvalue weighted by Crippen LogP contribution is -2.52. The van der Waals surface area contributed by atoms with E-state index < -0.39 is 0 Å². The molecule has 0 aromatic heterocycles. The Kier molecular flexibility index (Phi) is 3.13. The van der Waals surface area contributed by atoms with Gasteiger partial charge in [-0.25, -0.2) is 0 Å². The maximum absolute atomic E-state index is 11.7. The van der Waals surface area contributed by atoms with Crippen molar-refractivity contribution in [1.29, 1.82) is 0 Å². The minimum atomic E-state index is 0.0510. The third-order valence-electron chi connectivity index (χ3n) is 3.13. The van der Waals surface area contributed by atoms with E-state index in [-0.39, 0.29) is 11.4 Å². The summed E-state index contributed by atoms with van der Waals surface area (Å²) in [5, 5.41) is 6.16. The number of nitrogens with one attached hydrogen (secondary N) is 2. The molecule has 0 unspecified atom stereocenters. The lowest BCUT2D eigenvalue weighted by molar-refractivity contribution is -0.122. The van der Waals surface area contributed by atoms with E-state index in [1.807, 2.05) is 30.3 Å². The van der Waals surface area contributed by atoms with Crippen molar-refractivity contribution in [2.45, 2.75) is 31.7 Å². The van der Waals surface area contributed by atoms with E-state index >= 15 is 0 Å². The van der Waals surface area contributed by atoms with Crippen LogP contribution in [0.25, 0.3) is 0 Å². The molecule has 1 aliphatic carbocycles. The topological polar surface area (TPSA) is 41.1 Å². The molecule has 3 nitrogen and oxygen atoms in total. The number of amides is 1. The van der Waals surface area contributed by atoms with Crippen molar-refractivity contribution in [3.05, 3.63) is 30.3 Å². The van der Waals surface area contributed by atoms with Crippen LogP contribution in [0.15, 0.2) is 30.3 Å². The van der Waals surface area contributed by atoms with Crippen molar-refractivity contribution in [2.24, 2.45) is 0 Å². The number of para-hydroxylation sites is 1. The molecule has 0 bridgehead atoms. The Labute approximate surface area is 96.2 Å². The molecule has 0 heterocycles. The van der Waals surface area contributed by atoms with Crippen molar-refractivity contribution in [3.63, 3.8) is 0 Å². The molecule has 1 aromatic carbocycles. The van der Waals surface area contributed by atoms with Gasteiger partial charge < -0.3 is 10.6 Å². The normalized spacial score (nSPS) is 17.3. The highest BCUT2D eigenvalue weighted by atomic mass is 16.2. The molecule has 0 atom stereocenters. The summed E-state index contributed by atoms with van der Waals surface area (Å²) in [7, 11) is 0. The Balaban J connectivity index is 1.76. The van der Waals surface area contributed by atoms with Crippen LogP contribution in [0.4, 0.5) is 5.69 Å². The Morgan fingerprint density at radius 2 is 2.00 bits per heavy atom. The summed E-state index contributed by atoms with van der Waals surface area (Å²) < 4.78 is 0. The molecule has 16 heavy (non-hydrogen) atoms. The zero-order valence-electron chi connectivity index (χ0n) is 9.62. The molecule has 1 fully saturated rings. The van der Waals surface area contributed by atoms with Gasteiger partial charge in [-0.2, -0.15) is 0 Å². The highest BCUT2D eigenvalue weighted by molar-refractivity contribution is 5.81. The monoisotopic (exact) mass is 218 g/mol. The van der Waals surface area contributed by atoms with Gasteiger partial charge in [0.15, 0.2) is 0 Å². The SMILES string of the molecule is CC1(NC(=O)CNc2ccccc2)CCC1. The van der Waals surface area contributed by atoms with Gasteiger partial charge in [0, 0.05) is 11.2 Å². The molecule has 1 aromatic rings. The van der Waals surface area contributed by atoms with E-state index in [9.17, 15) is 4.79 Å². The third kappa shape index (κ3) is 2.75. The number of carbonyl (C=O) groups is 1. The van der Waals surface area contributed by atoms with Crippen LogP contribution < -0.4 is 10.6 Å². The Morgan fingerprint density at radius 1 is 1.31 bits per heavy atom. The average molecular weight is 218 g/mol. The number of benzene rings is 1. The summed E-state index contributed by atoms with van der Waals surface area (Å²) in [6.07, 6.45) is 3.43. The molecule has 0 aliphatic heterocycles. The van der Waals surface area contributed by atoms with Gasteiger partial charge in [0.05, 0.1) is 6.54 Å². The predicted molar refractivity (Wildman–Crippen MR) is 65.3 cm³/mol. The summed E-state index contributed by atoms with van der Waals surface area (Å²) in [4.78, 5) is 11.7. The second-order valence-corrected chi connectivity index (χ2v) is 4.68. The van der Waals surface area contributed by atoms with E-state index in [0.29, 0.717) is 6.54 Å². The van der Waals surface area contributed by atoms with Crippen LogP contribution in [0.1, 0.15) is 26.2 Å². The van der Waals surface area contributed by atoms with Gasteiger partial charge in [0.25, 0.3) is 0 Å². The fourth-order valence-electron chi connectivity index (χ4n) is 1.95. The maximum atomic E-state index is 11.7. The first-order valence-corrected chi connectivity index (χ1v) is 5.78. The molecule has 1 amide bonds. The van der Waals surface area contributed by atoms with Crippen LogP contribution in [-0.4, -0.2) is 18.0 Å². The molecule has 0 radical (unpaired) electrons. The van der Waals surface area contributed by atoms with Gasteiger partial charge in [0.1, 0.15) is 0 Å². The molecular weight excluding hydrogens is 200 g/mol. The third-order valence-corrected chi connectivity index (χ3v) is 3.13. The first-order chi connectivity index (χ1) is 7.68. The number of anilines is 1. The van der Waals surface area contributed by atoms with E-state index in [0.717, 1.165) is 18.5 Å². The lowest BCUT2D eigenvalue weighted by atomic mass is 9.78. The van der Waals surface area contributed by atoms with Gasteiger partial charge in [0.2, 0.25) is 5.91 Å². The zero-order chi connectivity index (χ0) is 11.4. The lowest BCUT2D eigenvalue weighted by Gasteiger charge is -2.39. The fourth-order valence-corrected chi connectivity index (χ4v) is 1.95. The second kappa shape index (κ2) is 4.56. The molecule has 0 saturated heterocycles. The molecule has 1 saturated carbocycles. The molecule has 1 aliphatic rings. The van der Waals surface area contributed by atoms with Crippen LogP contribution in [0.5, 0.6) is 0 Å². The number of rotatable bonds is 4. The number of carbonyl (C=O) groups excluding carboxylic acids is 1. The zero-order valence-corrected chi connectivity index (χ0v) is 9.62. The summed E-state index contributed by atoms with van der Waals surface area (Å²) in [6, 6.07) is 9.78. The van der Waals surface area contributed by atoms with Crippen LogP contribution in [0, 0.1) is 0 Å². The average Bonchev–Trinajstić information content (AvgIpc) is 2.26. The van der Waals surface area contributed by atoms with Crippen LogP contribution in [0.2, 0.25) is 0 Å². The molecule has 3 heteroatoms. The van der Waals surface area contributed by atoms with Gasteiger partial charge >= 0.3 is 0 Å². The Bertz CT molecular complexity index is 357. The maximum Gasteiger partial charge on any atom is 0.239 e. The van der Waals surface area contributed by atoms with Crippen LogP contribution in [0.3, 0.4) is 0 Å². The second-order valence-electron chi connectivity index (χ2n) is 4.68. The number of hydrogen-bond donors (Lipinski definition) is 2. The van der Waals surface area contributed by atoms with Crippen molar-refractivity contribution in [1.82, 2.24) is 5.32 Å². The highest BCUT2D eigenvalue weighted by Gasteiger charge is 2.32. The van der Waals surface area contributed by atoms with Crippen molar-refractivity contribution >= 4 is 11.6 Å². The van der Waals surface area contributed by atoms with E-state index in [1.54, 1.807) is 0 Å². The summed E-state index contributed by atoms with van der Waals surface area (Å²) in [6.45, 7) is 2.45. The summed E-state index contributed by atoms with van der Waals surface area (Å²) in [5.74, 6) is 0.0750. The Morgan fingerprint density at radius 3 is 2.56 bits per heavy atom. The predicted octanol–water partition coefficient (Wildman–Crippen LogP) is 2.16. The summed E-state index contributed by atoms with van der Waals surface area (Å²) in [5.41, 5.74) is 1.03. The van der Waals surface area contributed by atoms with E-state index in [4.69, 9.17) is 0 Å². The Hall–Kier alpha value is -1.51. The number of hydrogen-bond acceptors (Lipinski definition) is 2. The minimum Gasteiger partial charge on any atom is -0.376 e. The molecule has 86 valence electrons. The smallest absolute Gasteiger partial charge is 0.239 e. The minimum absolute atomic E-state index is 0.0510. The van der Waals surface area contributed by atoms with Gasteiger partial charge in [-0.3, -0.25) is 4.79 Å². The van der Waals surface area contributed by atoms with E-state index in [1.165, 1.54) is 6.42 Å². The van der Waals surface area contributed by atoms with Gasteiger partial charge in [-0.15, -0.1) is 0 Å². The first kappa shape index (κ1) is 11.0. The van der Waals surface area contributed by atoms with Gasteiger partial charge in [-0.05, 0) is 38.3 Å². The van der Waals surface area contributed by atoms with Crippen molar-refractivity contribution in [2.75, 3.05) is 11.9 Å². The fraction of sp³-hybridized carbons (Fsp3) is 0.462. The largest absolute Gasteiger partial charge is 0.376 e. The summed E-state index contributed by atoms with van der Waals surface area (Å²) >= 11 is 0. The highest BCUT2D eigenvalue weighted by Crippen LogP contribution is 2.30. The molecule has 0 spiro atoms. The van der Waals surface area contributed by atoms with Crippen LogP contribution in [-0.2, 0) is 4.79 Å².